The van der Waals surface area contributed by atoms with Crippen molar-refractivity contribution < 1.29 is 4.42 Å². The zero-order chi connectivity index (χ0) is 34.9. The molecule has 6 nitrogen and oxygen atoms in total. The number of para-hydroxylation sites is 2. The second-order valence-electron chi connectivity index (χ2n) is 12.4. The van der Waals surface area contributed by atoms with Crippen LogP contribution in [0.25, 0.3) is 72.1 Å². The van der Waals surface area contributed by atoms with Gasteiger partial charge in [-0.05, 0) is 77.9 Å². The summed E-state index contributed by atoms with van der Waals surface area (Å²) in [6.07, 6.45) is 0. The minimum atomic E-state index is 0.545. The van der Waals surface area contributed by atoms with Gasteiger partial charge in [0.05, 0.1) is 6.57 Å². The molecule has 9 rings (SSSR count). The van der Waals surface area contributed by atoms with E-state index in [9.17, 15) is 0 Å². The topological polar surface area (TPSA) is 59.4 Å². The number of anilines is 3. The summed E-state index contributed by atoms with van der Waals surface area (Å²) in [5.41, 5.74) is 10.2. The molecule has 0 spiro atoms. The Bertz CT molecular complexity index is 2680. The van der Waals surface area contributed by atoms with Crippen molar-refractivity contribution in [3.8, 4) is 45.3 Å². The number of nitrogens with zero attached hydrogens (tertiary/aromatic N) is 5. The Hall–Kier alpha value is -7.36. The second kappa shape index (κ2) is 13.2. The molecule has 2 aromatic heterocycles. The van der Waals surface area contributed by atoms with E-state index >= 15 is 0 Å². The molecular weight excluding hydrogens is 639 g/mol. The quantitative estimate of drug-likeness (QED) is 0.158. The fourth-order valence-corrected chi connectivity index (χ4v) is 6.54. The van der Waals surface area contributed by atoms with Crippen molar-refractivity contribution in [2.24, 2.45) is 0 Å². The maximum Gasteiger partial charge on any atom is 0.187 e. The number of rotatable bonds is 7. The van der Waals surface area contributed by atoms with Crippen LogP contribution in [0.3, 0.4) is 0 Å². The van der Waals surface area contributed by atoms with Crippen LogP contribution in [0.15, 0.2) is 180 Å². The summed E-state index contributed by atoms with van der Waals surface area (Å²) in [6.45, 7) is 7.33. The molecule has 7 aromatic carbocycles. The van der Waals surface area contributed by atoms with Gasteiger partial charge < -0.3 is 9.32 Å². The molecule has 9 aromatic rings. The lowest BCUT2D eigenvalue weighted by Gasteiger charge is -2.25. The highest BCUT2D eigenvalue weighted by molar-refractivity contribution is 6.07. The molecule has 0 saturated heterocycles. The van der Waals surface area contributed by atoms with E-state index < -0.39 is 0 Å². The van der Waals surface area contributed by atoms with Crippen molar-refractivity contribution in [3.05, 3.63) is 187 Å². The number of furan rings is 1. The molecule has 0 radical (unpaired) electrons. The molecule has 0 bridgehead atoms. The summed E-state index contributed by atoms with van der Waals surface area (Å²) < 4.78 is 6.41. The smallest absolute Gasteiger partial charge is 0.187 e. The number of hydrogen-bond acceptors (Lipinski definition) is 5. The zero-order valence-electron chi connectivity index (χ0n) is 27.9. The average molecular weight is 668 g/mol. The molecule has 2 heterocycles. The molecular formula is C46H29N5O. The third-order valence-electron chi connectivity index (χ3n) is 9.14. The van der Waals surface area contributed by atoms with E-state index in [1.807, 2.05) is 66.7 Å². The standard InChI is InChI=1S/C46H29N5O/c1-47-36-23-17-33(18-24-36)45-48-44(32-11-5-2-6-12-32)49-46(50-45)35-22-28-42-41(29-35)40-27-21-34(30-43(40)52-42)31-19-25-39(26-20-31)51(37-13-7-3-8-14-37)38-15-9-4-10-16-38/h2-30H. The van der Waals surface area contributed by atoms with Gasteiger partial charge in [0, 0.05) is 44.5 Å². The number of fused-ring (bicyclic) bond motifs is 3. The van der Waals surface area contributed by atoms with E-state index in [1.165, 1.54) is 0 Å². The molecule has 244 valence electrons. The van der Waals surface area contributed by atoms with Gasteiger partial charge in [0.25, 0.3) is 0 Å². The number of benzene rings is 7. The van der Waals surface area contributed by atoms with Gasteiger partial charge in [-0.2, -0.15) is 0 Å². The Kier molecular flexibility index (Phi) is 7.77. The molecule has 0 saturated carbocycles. The van der Waals surface area contributed by atoms with Gasteiger partial charge in [-0.3, -0.25) is 0 Å². The van der Waals surface area contributed by atoms with Gasteiger partial charge in [0.2, 0.25) is 0 Å². The third-order valence-corrected chi connectivity index (χ3v) is 9.14. The fraction of sp³-hybridized carbons (Fsp3) is 0. The Morgan fingerprint density at radius 2 is 0.904 bits per heavy atom. The third kappa shape index (κ3) is 5.83. The number of hydrogen-bond donors (Lipinski definition) is 0. The summed E-state index contributed by atoms with van der Waals surface area (Å²) >= 11 is 0. The van der Waals surface area contributed by atoms with Crippen molar-refractivity contribution in [1.29, 1.82) is 0 Å². The normalized spacial score (nSPS) is 11.1. The second-order valence-corrected chi connectivity index (χ2v) is 12.4. The van der Waals surface area contributed by atoms with E-state index in [2.05, 4.69) is 107 Å². The van der Waals surface area contributed by atoms with Crippen molar-refractivity contribution in [2.45, 2.75) is 0 Å². The first-order chi connectivity index (χ1) is 25.7. The molecule has 0 aliphatic heterocycles. The van der Waals surface area contributed by atoms with Crippen LogP contribution < -0.4 is 4.90 Å². The van der Waals surface area contributed by atoms with Gasteiger partial charge in [0.1, 0.15) is 11.2 Å². The number of aromatic nitrogens is 3. The van der Waals surface area contributed by atoms with E-state index in [0.29, 0.717) is 23.2 Å². The lowest BCUT2D eigenvalue weighted by Crippen LogP contribution is -2.09. The van der Waals surface area contributed by atoms with Gasteiger partial charge in [-0.1, -0.05) is 109 Å². The van der Waals surface area contributed by atoms with Crippen LogP contribution >= 0.6 is 0 Å². The molecule has 0 aliphatic carbocycles. The van der Waals surface area contributed by atoms with Gasteiger partial charge in [-0.15, -0.1) is 0 Å². The lowest BCUT2D eigenvalue weighted by molar-refractivity contribution is 0.669. The van der Waals surface area contributed by atoms with Crippen molar-refractivity contribution in [2.75, 3.05) is 4.90 Å². The Morgan fingerprint density at radius 1 is 0.404 bits per heavy atom. The Balaban J connectivity index is 1.07. The van der Waals surface area contributed by atoms with Crippen molar-refractivity contribution in [1.82, 2.24) is 15.0 Å². The summed E-state index contributed by atoms with van der Waals surface area (Å²) in [5, 5.41) is 2.00. The highest BCUT2D eigenvalue weighted by atomic mass is 16.3. The molecule has 0 unspecified atom stereocenters. The minimum absolute atomic E-state index is 0.545. The lowest BCUT2D eigenvalue weighted by atomic mass is 10.0. The van der Waals surface area contributed by atoms with Gasteiger partial charge in [-0.25, -0.2) is 19.8 Å². The minimum Gasteiger partial charge on any atom is -0.456 e. The zero-order valence-corrected chi connectivity index (χ0v) is 27.9. The molecule has 0 fully saturated rings. The van der Waals surface area contributed by atoms with Crippen molar-refractivity contribution in [3.63, 3.8) is 0 Å². The first-order valence-corrected chi connectivity index (χ1v) is 17.0. The molecule has 6 heteroatoms. The summed E-state index contributed by atoms with van der Waals surface area (Å²) in [5.74, 6) is 1.69. The molecule has 0 amide bonds. The largest absolute Gasteiger partial charge is 0.456 e. The van der Waals surface area contributed by atoms with Crippen LogP contribution in [0.4, 0.5) is 22.7 Å². The first-order valence-electron chi connectivity index (χ1n) is 17.0. The van der Waals surface area contributed by atoms with Crippen LogP contribution in [0, 0.1) is 6.57 Å². The van der Waals surface area contributed by atoms with E-state index in [0.717, 1.165) is 66.8 Å². The fourth-order valence-electron chi connectivity index (χ4n) is 6.54. The molecule has 0 aliphatic rings. The van der Waals surface area contributed by atoms with Crippen LogP contribution in [0.1, 0.15) is 0 Å². The monoisotopic (exact) mass is 667 g/mol. The van der Waals surface area contributed by atoms with Crippen LogP contribution in [-0.2, 0) is 0 Å². The van der Waals surface area contributed by atoms with Crippen LogP contribution in [-0.4, -0.2) is 15.0 Å². The highest BCUT2D eigenvalue weighted by Crippen LogP contribution is 2.38. The Labute approximate surface area is 300 Å². The molecule has 0 N–H and O–H groups in total. The predicted molar refractivity (Wildman–Crippen MR) is 210 cm³/mol. The van der Waals surface area contributed by atoms with E-state index in [-0.39, 0.29) is 0 Å². The average Bonchev–Trinajstić information content (AvgIpc) is 3.59. The Morgan fingerprint density at radius 3 is 1.52 bits per heavy atom. The maximum absolute atomic E-state index is 7.33. The van der Waals surface area contributed by atoms with Crippen LogP contribution in [0.5, 0.6) is 0 Å². The van der Waals surface area contributed by atoms with Gasteiger partial charge >= 0.3 is 0 Å². The van der Waals surface area contributed by atoms with Crippen molar-refractivity contribution >= 4 is 44.7 Å². The van der Waals surface area contributed by atoms with E-state index in [4.69, 9.17) is 25.9 Å². The van der Waals surface area contributed by atoms with Crippen LogP contribution in [0.2, 0.25) is 0 Å². The van der Waals surface area contributed by atoms with Gasteiger partial charge in [0.15, 0.2) is 23.2 Å². The van der Waals surface area contributed by atoms with E-state index in [1.54, 1.807) is 12.1 Å². The summed E-state index contributed by atoms with van der Waals surface area (Å²) in [6, 6.07) is 59.1. The molecule has 0 atom stereocenters. The first kappa shape index (κ1) is 30.7. The SMILES string of the molecule is [C-]#[N+]c1ccc(-c2nc(-c3ccccc3)nc(-c3ccc4oc5cc(-c6ccc(N(c7ccccc7)c7ccccc7)cc6)ccc5c4c3)n2)cc1. The summed E-state index contributed by atoms with van der Waals surface area (Å²) in [4.78, 5) is 20.4. The molecule has 52 heavy (non-hydrogen) atoms. The highest BCUT2D eigenvalue weighted by Gasteiger charge is 2.16. The predicted octanol–water partition coefficient (Wildman–Crippen LogP) is 12.5. The maximum atomic E-state index is 7.33. The summed E-state index contributed by atoms with van der Waals surface area (Å²) in [7, 11) is 0.